The number of anilines is 3. The van der Waals surface area contributed by atoms with E-state index in [9.17, 15) is 0 Å². The third-order valence-electron chi connectivity index (χ3n) is 11.6. The maximum absolute atomic E-state index is 2.44. The van der Waals surface area contributed by atoms with Crippen LogP contribution in [0.2, 0.25) is 0 Å². The Morgan fingerprint density at radius 1 is 0.278 bits per heavy atom. The van der Waals surface area contributed by atoms with Gasteiger partial charge >= 0.3 is 0 Å². The normalized spacial score (nSPS) is 12.1. The molecule has 0 amide bonds. The standard InChI is InChI=1S/C52H32N2/c1-2-15-37(16-3-1)53(38-17-11-18-39(31-38)54-47-24-6-4-19-41(47)42-20-5-7-25-48(42)54)40-30-36-29-28-35-13-9-22-44-43-21-8-12-33-26-27-34-14-10-23-45(51(34)49(33)43)46(32-40)52(36)50(35)44/h1-32H. The van der Waals surface area contributed by atoms with Crippen LogP contribution in [0.15, 0.2) is 194 Å². The quantitative estimate of drug-likeness (QED) is 0.168. The molecule has 2 heteroatoms. The molecule has 250 valence electrons. The van der Waals surface area contributed by atoms with Crippen molar-refractivity contribution in [3.63, 3.8) is 0 Å². The molecule has 1 heterocycles. The number of aromatic nitrogens is 1. The largest absolute Gasteiger partial charge is 0.310 e. The van der Waals surface area contributed by atoms with E-state index in [1.807, 2.05) is 0 Å². The average molecular weight is 685 g/mol. The number of para-hydroxylation sites is 3. The third kappa shape index (κ3) is 4.11. The smallest absolute Gasteiger partial charge is 0.0541 e. The maximum Gasteiger partial charge on any atom is 0.0541 e. The van der Waals surface area contributed by atoms with Gasteiger partial charge in [-0.25, -0.2) is 0 Å². The zero-order chi connectivity index (χ0) is 35.3. The van der Waals surface area contributed by atoms with Gasteiger partial charge in [0.05, 0.1) is 11.0 Å². The van der Waals surface area contributed by atoms with Crippen LogP contribution in [-0.2, 0) is 0 Å². The molecule has 0 radical (unpaired) electrons. The highest BCUT2D eigenvalue weighted by Gasteiger charge is 2.20. The Morgan fingerprint density at radius 3 is 1.35 bits per heavy atom. The van der Waals surface area contributed by atoms with Gasteiger partial charge in [0.15, 0.2) is 0 Å². The molecule has 1 aromatic heterocycles. The molecule has 0 aliphatic heterocycles. The molecule has 0 saturated carbocycles. The Balaban J connectivity index is 1.20. The van der Waals surface area contributed by atoms with Crippen LogP contribution < -0.4 is 4.90 Å². The summed E-state index contributed by atoms with van der Waals surface area (Å²) in [6.07, 6.45) is 0. The summed E-state index contributed by atoms with van der Waals surface area (Å²) in [5, 5.41) is 17.9. The summed E-state index contributed by atoms with van der Waals surface area (Å²) < 4.78 is 2.40. The van der Waals surface area contributed by atoms with Gasteiger partial charge in [0.2, 0.25) is 0 Å². The predicted octanol–water partition coefficient (Wildman–Crippen LogP) is 14.6. The third-order valence-corrected chi connectivity index (χ3v) is 11.6. The van der Waals surface area contributed by atoms with Crippen LogP contribution >= 0.6 is 0 Å². The second-order valence-corrected chi connectivity index (χ2v) is 14.5. The van der Waals surface area contributed by atoms with E-state index in [1.54, 1.807) is 0 Å². The average Bonchev–Trinajstić information content (AvgIpc) is 3.57. The van der Waals surface area contributed by atoms with E-state index >= 15 is 0 Å². The van der Waals surface area contributed by atoms with Crippen molar-refractivity contribution in [1.29, 1.82) is 0 Å². The van der Waals surface area contributed by atoms with Crippen molar-refractivity contribution in [3.8, 4) is 5.69 Å². The van der Waals surface area contributed by atoms with Gasteiger partial charge in [-0.1, -0.05) is 140 Å². The van der Waals surface area contributed by atoms with Crippen LogP contribution in [0.3, 0.4) is 0 Å². The van der Waals surface area contributed by atoms with Gasteiger partial charge in [0.1, 0.15) is 0 Å². The Kier molecular flexibility index (Phi) is 6.09. The Hall–Kier alpha value is -7.16. The molecule has 0 bridgehead atoms. The Morgan fingerprint density at radius 2 is 0.741 bits per heavy atom. The summed E-state index contributed by atoms with van der Waals surface area (Å²) in [7, 11) is 0. The number of nitrogens with zero attached hydrogens (tertiary/aromatic N) is 2. The number of hydrogen-bond acceptors (Lipinski definition) is 1. The Bertz CT molecular complexity index is 3390. The van der Waals surface area contributed by atoms with Crippen molar-refractivity contribution in [3.05, 3.63) is 194 Å². The van der Waals surface area contributed by atoms with Gasteiger partial charge in [-0.15, -0.1) is 0 Å². The summed E-state index contributed by atoms with van der Waals surface area (Å²) in [6.45, 7) is 0. The molecule has 12 rings (SSSR count). The number of rotatable bonds is 4. The van der Waals surface area contributed by atoms with Crippen molar-refractivity contribution >= 4 is 104 Å². The molecule has 0 spiro atoms. The van der Waals surface area contributed by atoms with Crippen LogP contribution in [0, 0.1) is 0 Å². The molecule has 0 fully saturated rings. The van der Waals surface area contributed by atoms with E-state index in [0.29, 0.717) is 0 Å². The molecule has 2 nitrogen and oxygen atoms in total. The summed E-state index contributed by atoms with van der Waals surface area (Å²) >= 11 is 0. The number of hydrogen-bond donors (Lipinski definition) is 0. The lowest BCUT2D eigenvalue weighted by molar-refractivity contribution is 1.17. The monoisotopic (exact) mass is 684 g/mol. The minimum atomic E-state index is 1.10. The molecule has 11 aromatic carbocycles. The first-order chi connectivity index (χ1) is 26.8. The van der Waals surface area contributed by atoms with Gasteiger partial charge < -0.3 is 9.47 Å². The molecule has 12 aromatic rings. The Labute approximate surface area is 311 Å². The second-order valence-electron chi connectivity index (χ2n) is 14.5. The minimum Gasteiger partial charge on any atom is -0.310 e. The summed E-state index contributed by atoms with van der Waals surface area (Å²) in [5.41, 5.74) is 6.87. The van der Waals surface area contributed by atoms with E-state index < -0.39 is 0 Å². The summed E-state index contributed by atoms with van der Waals surface area (Å²) in [5.74, 6) is 0. The molecular weight excluding hydrogens is 653 g/mol. The molecule has 54 heavy (non-hydrogen) atoms. The first kappa shape index (κ1) is 29.4. The molecular formula is C52H32N2. The number of fused-ring (bicyclic) bond motifs is 5. The van der Waals surface area contributed by atoms with E-state index in [1.165, 1.54) is 86.4 Å². The van der Waals surface area contributed by atoms with Crippen LogP contribution in [0.5, 0.6) is 0 Å². The molecule has 0 atom stereocenters. The lowest BCUT2D eigenvalue weighted by atomic mass is 9.87. The van der Waals surface area contributed by atoms with Gasteiger partial charge in [0.25, 0.3) is 0 Å². The first-order valence-corrected chi connectivity index (χ1v) is 18.7. The van der Waals surface area contributed by atoms with E-state index in [4.69, 9.17) is 0 Å². The van der Waals surface area contributed by atoms with Crippen LogP contribution in [0.25, 0.3) is 92.1 Å². The van der Waals surface area contributed by atoms with Crippen LogP contribution in [0.1, 0.15) is 0 Å². The second kappa shape index (κ2) is 11.2. The summed E-state index contributed by atoms with van der Waals surface area (Å²) in [6, 6.07) is 71.7. The van der Waals surface area contributed by atoms with Gasteiger partial charge in [-0.3, -0.25) is 0 Å². The van der Waals surface area contributed by atoms with Crippen molar-refractivity contribution in [1.82, 2.24) is 4.57 Å². The number of benzene rings is 10. The zero-order valence-corrected chi connectivity index (χ0v) is 29.4. The lowest BCUT2D eigenvalue weighted by Crippen LogP contribution is -2.10. The molecule has 0 N–H and O–H groups in total. The van der Waals surface area contributed by atoms with Gasteiger partial charge in [0, 0.05) is 33.5 Å². The summed E-state index contributed by atoms with van der Waals surface area (Å²) in [4.78, 5) is 2.43. The predicted molar refractivity (Wildman–Crippen MR) is 232 cm³/mol. The van der Waals surface area contributed by atoms with Gasteiger partial charge in [-0.05, 0) is 119 Å². The first-order valence-electron chi connectivity index (χ1n) is 18.7. The SMILES string of the molecule is c1ccc(N(c2cccc(-n3c4ccccc4c4ccccc43)c2)c2cc3ccc4cccc5c6cccc7ccc8cccc(c(c2)c3c45)c8c76)cc1. The molecule has 0 aliphatic rings. The van der Waals surface area contributed by atoms with Crippen LogP contribution in [-0.4, -0.2) is 4.57 Å². The van der Waals surface area contributed by atoms with Crippen molar-refractivity contribution < 1.29 is 0 Å². The van der Waals surface area contributed by atoms with E-state index in [-0.39, 0.29) is 0 Å². The molecule has 0 saturated heterocycles. The van der Waals surface area contributed by atoms with E-state index in [2.05, 4.69) is 204 Å². The lowest BCUT2D eigenvalue weighted by Gasteiger charge is -2.27. The highest BCUT2D eigenvalue weighted by molar-refractivity contribution is 6.37. The van der Waals surface area contributed by atoms with Crippen molar-refractivity contribution in [2.45, 2.75) is 0 Å². The maximum atomic E-state index is 2.44. The fourth-order valence-electron chi connectivity index (χ4n) is 9.39. The van der Waals surface area contributed by atoms with Crippen LogP contribution in [0.4, 0.5) is 17.1 Å². The van der Waals surface area contributed by atoms with Crippen molar-refractivity contribution in [2.75, 3.05) is 4.90 Å². The minimum absolute atomic E-state index is 1.10. The highest BCUT2D eigenvalue weighted by Crippen LogP contribution is 2.46. The van der Waals surface area contributed by atoms with Crippen molar-refractivity contribution in [2.24, 2.45) is 0 Å². The fourth-order valence-corrected chi connectivity index (χ4v) is 9.39. The molecule has 0 aliphatic carbocycles. The zero-order valence-electron chi connectivity index (χ0n) is 29.4. The van der Waals surface area contributed by atoms with Gasteiger partial charge in [-0.2, -0.15) is 0 Å². The molecule has 0 unspecified atom stereocenters. The van der Waals surface area contributed by atoms with E-state index in [0.717, 1.165) is 22.7 Å². The fraction of sp³-hybridized carbons (Fsp3) is 0. The topological polar surface area (TPSA) is 8.17 Å². The highest BCUT2D eigenvalue weighted by atomic mass is 15.1.